The van der Waals surface area contributed by atoms with Crippen molar-refractivity contribution in [2.75, 3.05) is 0 Å². The van der Waals surface area contributed by atoms with E-state index in [1.807, 2.05) is 43.3 Å². The molecular weight excluding hydrogens is 614 g/mol. The number of carbonyl (C=O) groups excluding carboxylic acids is 2. The van der Waals surface area contributed by atoms with E-state index in [1.54, 1.807) is 12.1 Å². The van der Waals surface area contributed by atoms with Crippen molar-refractivity contribution < 1.29 is 44.4 Å². The van der Waals surface area contributed by atoms with Gasteiger partial charge < -0.3 is 25.7 Å². The van der Waals surface area contributed by atoms with Gasteiger partial charge in [0.15, 0.2) is 5.60 Å². The van der Waals surface area contributed by atoms with E-state index in [0.29, 0.717) is 31.2 Å². The molecule has 0 fully saturated rings. The number of aliphatic hydroxyl groups is 1. The fourth-order valence-corrected chi connectivity index (χ4v) is 5.59. The predicted molar refractivity (Wildman–Crippen MR) is 183 cm³/mol. The summed E-state index contributed by atoms with van der Waals surface area (Å²) in [6, 6.07) is 13.6. The third kappa shape index (κ3) is 13.8. The van der Waals surface area contributed by atoms with E-state index in [4.69, 9.17) is 0 Å². The Morgan fingerprint density at radius 3 is 2.00 bits per heavy atom. The van der Waals surface area contributed by atoms with Crippen LogP contribution in [-0.4, -0.2) is 61.7 Å². The van der Waals surface area contributed by atoms with Gasteiger partial charge in [0.25, 0.3) is 0 Å². The Hall–Kier alpha value is -4.31. The largest absolute Gasteiger partial charge is 0.481 e. The monoisotopic (exact) mass is 665 g/mol. The molecule has 0 spiro atoms. The Kier molecular flexibility index (Phi) is 17.3. The number of carboxylic acid groups (broad SMARTS) is 3. The number of rotatable bonds is 24. The first-order valence-corrected chi connectivity index (χ1v) is 16.9. The molecule has 0 heterocycles. The summed E-state index contributed by atoms with van der Waals surface area (Å²) < 4.78 is 0. The average molecular weight is 666 g/mol. The number of unbranched alkanes of at least 4 members (excludes halogenated alkanes) is 8. The topological polar surface area (TPSA) is 178 Å². The molecule has 0 saturated carbocycles. The summed E-state index contributed by atoms with van der Waals surface area (Å²) in [5.74, 6) is -7.64. The first-order chi connectivity index (χ1) is 22.9. The van der Waals surface area contributed by atoms with Crippen LogP contribution in [0.2, 0.25) is 0 Å². The van der Waals surface area contributed by atoms with E-state index in [2.05, 4.69) is 12.2 Å². The fourth-order valence-electron chi connectivity index (χ4n) is 5.59. The molecule has 0 radical (unpaired) electrons. The average Bonchev–Trinajstić information content (AvgIpc) is 3.03. The van der Waals surface area contributed by atoms with Crippen molar-refractivity contribution in [1.29, 1.82) is 0 Å². The van der Waals surface area contributed by atoms with Gasteiger partial charge in [-0.05, 0) is 49.3 Å². The molecule has 2 rings (SSSR count). The van der Waals surface area contributed by atoms with Crippen molar-refractivity contribution >= 4 is 29.6 Å². The number of aryl methyl sites for hydroxylation is 1. The predicted octanol–water partition coefficient (Wildman–Crippen LogP) is 6.51. The molecule has 0 bridgehead atoms. The first kappa shape index (κ1) is 39.9. The number of allylic oxidation sites excluding steroid dienone is 1. The second kappa shape index (κ2) is 20.8. The van der Waals surface area contributed by atoms with Crippen LogP contribution in [0.5, 0.6) is 0 Å². The SMILES string of the molecule is CCCCCCCC(=O)CCCCCCC=C[C@H](C(=O)N[C@@H](Cc1ccc(-c2cccc(C)c2)cc1)C(=O)O)[C@@](O)(CC(=O)O)C(=O)O. The third-order valence-electron chi connectivity index (χ3n) is 8.41. The van der Waals surface area contributed by atoms with Crippen LogP contribution in [0.15, 0.2) is 60.7 Å². The lowest BCUT2D eigenvalue weighted by Gasteiger charge is -2.29. The lowest BCUT2D eigenvalue weighted by molar-refractivity contribution is -0.172. The summed E-state index contributed by atoms with van der Waals surface area (Å²) >= 11 is 0. The van der Waals surface area contributed by atoms with Gasteiger partial charge in [0.05, 0.1) is 12.3 Å². The van der Waals surface area contributed by atoms with Gasteiger partial charge in [-0.2, -0.15) is 0 Å². The van der Waals surface area contributed by atoms with Gasteiger partial charge in [0.1, 0.15) is 11.8 Å². The van der Waals surface area contributed by atoms with Gasteiger partial charge in [0.2, 0.25) is 5.91 Å². The minimum absolute atomic E-state index is 0.128. The molecule has 5 N–H and O–H groups in total. The second-order valence-electron chi connectivity index (χ2n) is 12.5. The number of amides is 1. The summed E-state index contributed by atoms with van der Waals surface area (Å²) in [5.41, 5.74) is 0.584. The number of ketones is 1. The second-order valence-corrected chi connectivity index (χ2v) is 12.5. The fraction of sp³-hybridized carbons (Fsp3) is 0.500. The summed E-state index contributed by atoms with van der Waals surface area (Å²) in [6.45, 7) is 4.13. The van der Waals surface area contributed by atoms with Gasteiger partial charge in [-0.3, -0.25) is 14.4 Å². The molecule has 3 atom stereocenters. The smallest absolute Gasteiger partial charge is 0.337 e. The summed E-state index contributed by atoms with van der Waals surface area (Å²) in [7, 11) is 0. The number of carboxylic acids is 3. The van der Waals surface area contributed by atoms with E-state index in [9.17, 15) is 44.4 Å². The molecule has 0 saturated heterocycles. The molecule has 0 aromatic heterocycles. The first-order valence-electron chi connectivity index (χ1n) is 16.9. The van der Waals surface area contributed by atoms with Gasteiger partial charge in [-0.1, -0.05) is 112 Å². The molecule has 0 unspecified atom stereocenters. The Labute approximate surface area is 283 Å². The number of hydrogen-bond donors (Lipinski definition) is 5. The minimum Gasteiger partial charge on any atom is -0.481 e. The highest BCUT2D eigenvalue weighted by Gasteiger charge is 2.49. The van der Waals surface area contributed by atoms with E-state index in [0.717, 1.165) is 67.7 Å². The number of carbonyl (C=O) groups is 5. The van der Waals surface area contributed by atoms with E-state index in [-0.39, 0.29) is 12.2 Å². The van der Waals surface area contributed by atoms with Crippen LogP contribution >= 0.6 is 0 Å². The maximum Gasteiger partial charge on any atom is 0.337 e. The Morgan fingerprint density at radius 2 is 1.44 bits per heavy atom. The summed E-state index contributed by atoms with van der Waals surface area (Å²) in [4.78, 5) is 61.2. The maximum absolute atomic E-state index is 13.4. The van der Waals surface area contributed by atoms with Gasteiger partial charge >= 0.3 is 17.9 Å². The molecule has 10 nitrogen and oxygen atoms in total. The normalized spacial score (nSPS) is 13.8. The molecular formula is C38H51NO9. The molecule has 0 aliphatic carbocycles. The number of Topliss-reactive ketones (excluding diaryl/α,β-unsaturated/α-hetero) is 1. The van der Waals surface area contributed by atoms with E-state index >= 15 is 0 Å². The maximum atomic E-state index is 13.4. The highest BCUT2D eigenvalue weighted by atomic mass is 16.4. The zero-order valence-electron chi connectivity index (χ0n) is 28.2. The molecule has 262 valence electrons. The molecule has 0 aliphatic heterocycles. The third-order valence-corrected chi connectivity index (χ3v) is 8.41. The van der Waals surface area contributed by atoms with Gasteiger partial charge in [0, 0.05) is 19.3 Å². The molecule has 48 heavy (non-hydrogen) atoms. The molecule has 10 heteroatoms. The Bertz CT molecular complexity index is 1380. The van der Waals surface area contributed by atoms with Crippen LogP contribution in [-0.2, 0) is 30.4 Å². The Balaban J connectivity index is 2.03. The lowest BCUT2D eigenvalue weighted by atomic mass is 9.82. The number of aliphatic carboxylic acids is 3. The molecule has 2 aromatic carbocycles. The van der Waals surface area contributed by atoms with Crippen molar-refractivity contribution in [1.82, 2.24) is 5.32 Å². The van der Waals surface area contributed by atoms with Crippen molar-refractivity contribution in [3.05, 3.63) is 71.8 Å². The molecule has 2 aromatic rings. The van der Waals surface area contributed by atoms with Crippen molar-refractivity contribution in [3.8, 4) is 11.1 Å². The standard InChI is InChI=1S/C38H51NO9/c1-3-4-5-8-11-17-31(40)18-12-9-6-7-10-13-19-32(38(48,37(46)47)26-34(41)42)35(43)39-33(36(44)45)25-28-20-22-29(23-21-28)30-16-14-15-27(2)24-30/h13-16,19-24,32-33,48H,3-12,17-18,25-26H2,1-2H3,(H,39,43)(H,41,42)(H,44,45)(H,46,47)/t32-,33+,38+/m1/s1. The number of hydrogen-bond acceptors (Lipinski definition) is 6. The van der Waals surface area contributed by atoms with Crippen molar-refractivity contribution in [2.24, 2.45) is 5.92 Å². The van der Waals surface area contributed by atoms with E-state index < -0.39 is 47.8 Å². The van der Waals surface area contributed by atoms with Crippen LogP contribution in [0.3, 0.4) is 0 Å². The van der Waals surface area contributed by atoms with Gasteiger partial charge in [-0.15, -0.1) is 0 Å². The van der Waals surface area contributed by atoms with Crippen LogP contribution in [0.1, 0.15) is 102 Å². The lowest BCUT2D eigenvalue weighted by Crippen LogP contribution is -2.55. The zero-order valence-corrected chi connectivity index (χ0v) is 28.2. The van der Waals surface area contributed by atoms with Gasteiger partial charge in [-0.25, -0.2) is 9.59 Å². The quantitative estimate of drug-likeness (QED) is 0.0618. The van der Waals surface area contributed by atoms with Crippen molar-refractivity contribution in [3.63, 3.8) is 0 Å². The highest BCUT2D eigenvalue weighted by Crippen LogP contribution is 2.26. The van der Waals surface area contributed by atoms with E-state index in [1.165, 1.54) is 12.5 Å². The summed E-state index contributed by atoms with van der Waals surface area (Å²) in [5, 5.41) is 42.3. The zero-order chi connectivity index (χ0) is 35.5. The molecule has 1 amide bonds. The number of benzene rings is 2. The molecule has 0 aliphatic rings. The highest BCUT2D eigenvalue weighted by molar-refractivity contribution is 5.94. The summed E-state index contributed by atoms with van der Waals surface area (Å²) in [6.07, 6.45) is 11.4. The minimum atomic E-state index is -3.01. The van der Waals surface area contributed by atoms with Crippen LogP contribution in [0.25, 0.3) is 11.1 Å². The van der Waals surface area contributed by atoms with Crippen LogP contribution in [0.4, 0.5) is 0 Å². The van der Waals surface area contributed by atoms with Crippen molar-refractivity contribution in [2.45, 2.75) is 115 Å². The van der Waals surface area contributed by atoms with Crippen LogP contribution < -0.4 is 5.32 Å². The Morgan fingerprint density at radius 1 is 0.812 bits per heavy atom. The number of nitrogens with one attached hydrogen (secondary N) is 1. The van der Waals surface area contributed by atoms with Crippen LogP contribution in [0, 0.1) is 12.8 Å².